The number of hydrogen-bond acceptors (Lipinski definition) is 5. The molecule has 0 saturated carbocycles. The minimum absolute atomic E-state index is 0.0971. The van der Waals surface area contributed by atoms with Crippen molar-refractivity contribution in [3.8, 4) is 17.2 Å². The molecule has 3 rings (SSSR count). The Hall–Kier alpha value is -2.95. The summed E-state index contributed by atoms with van der Waals surface area (Å²) in [6, 6.07) is 15.9. The van der Waals surface area contributed by atoms with Gasteiger partial charge in [-0.15, -0.1) is 0 Å². The van der Waals surface area contributed by atoms with Crippen LogP contribution in [0.3, 0.4) is 0 Å². The molecule has 0 atom stereocenters. The summed E-state index contributed by atoms with van der Waals surface area (Å²) in [6.45, 7) is 1.32. The summed E-state index contributed by atoms with van der Waals surface area (Å²) in [5.41, 5.74) is -0.222. The van der Waals surface area contributed by atoms with Crippen molar-refractivity contribution in [2.45, 2.75) is 25.7 Å². The molecule has 0 spiro atoms. The van der Waals surface area contributed by atoms with Crippen molar-refractivity contribution in [3.05, 3.63) is 65.0 Å². The molecular weight excluding hydrogens is 332 g/mol. The molecule has 26 heavy (non-hydrogen) atoms. The van der Waals surface area contributed by atoms with E-state index in [1.807, 2.05) is 30.3 Å². The van der Waals surface area contributed by atoms with Crippen LogP contribution in [0.2, 0.25) is 0 Å². The third-order valence-electron chi connectivity index (χ3n) is 4.01. The normalized spacial score (nSPS) is 10.8. The van der Waals surface area contributed by atoms with Crippen LogP contribution < -0.4 is 15.1 Å². The zero-order chi connectivity index (χ0) is 18.2. The molecule has 0 bridgehead atoms. The van der Waals surface area contributed by atoms with Gasteiger partial charge in [0.15, 0.2) is 0 Å². The monoisotopic (exact) mass is 354 g/mol. The molecule has 0 radical (unpaired) electrons. The van der Waals surface area contributed by atoms with E-state index >= 15 is 0 Å². The Labute approximate surface area is 151 Å². The van der Waals surface area contributed by atoms with Gasteiger partial charge < -0.3 is 19.0 Å². The highest BCUT2D eigenvalue weighted by Gasteiger charge is 2.06. The number of para-hydroxylation sites is 1. The van der Waals surface area contributed by atoms with Crippen LogP contribution in [0.15, 0.2) is 63.8 Å². The number of hydrogen-bond donors (Lipinski definition) is 1. The van der Waals surface area contributed by atoms with Crippen LogP contribution in [0.4, 0.5) is 0 Å². The summed E-state index contributed by atoms with van der Waals surface area (Å²) in [5.74, 6) is 1.46. The molecular formula is C21H22O5. The first-order valence-electron chi connectivity index (χ1n) is 8.80. The van der Waals surface area contributed by atoms with Gasteiger partial charge in [-0.3, -0.25) is 0 Å². The number of ether oxygens (including phenoxy) is 2. The molecule has 0 aliphatic heterocycles. The Kier molecular flexibility index (Phi) is 6.14. The van der Waals surface area contributed by atoms with Gasteiger partial charge in [-0.05, 0) is 56.0 Å². The lowest BCUT2D eigenvalue weighted by atomic mass is 10.2. The minimum atomic E-state index is -0.570. The highest BCUT2D eigenvalue weighted by atomic mass is 16.5. The predicted octanol–water partition coefficient (Wildman–Crippen LogP) is 4.52. The minimum Gasteiger partial charge on any atom is -0.507 e. The maximum absolute atomic E-state index is 11.2. The summed E-state index contributed by atoms with van der Waals surface area (Å²) < 4.78 is 16.4. The molecule has 0 amide bonds. The van der Waals surface area contributed by atoms with Gasteiger partial charge in [0.05, 0.1) is 24.7 Å². The molecule has 1 N–H and O–H groups in total. The maximum atomic E-state index is 11.2. The number of aromatic hydroxyl groups is 1. The van der Waals surface area contributed by atoms with Gasteiger partial charge >= 0.3 is 5.63 Å². The zero-order valence-corrected chi connectivity index (χ0v) is 14.5. The zero-order valence-electron chi connectivity index (χ0n) is 14.5. The maximum Gasteiger partial charge on any atom is 0.339 e. The average molecular weight is 354 g/mol. The van der Waals surface area contributed by atoms with Crippen LogP contribution >= 0.6 is 0 Å². The quantitative estimate of drug-likeness (QED) is 0.452. The van der Waals surface area contributed by atoms with Crippen LogP contribution in [-0.2, 0) is 0 Å². The van der Waals surface area contributed by atoms with Gasteiger partial charge in [0.2, 0.25) is 0 Å². The molecule has 0 saturated heterocycles. The van der Waals surface area contributed by atoms with Gasteiger partial charge in [-0.25, -0.2) is 4.79 Å². The van der Waals surface area contributed by atoms with Gasteiger partial charge in [0.1, 0.15) is 22.8 Å². The standard InChI is InChI=1S/C21H22O5/c22-19-15-21(23)26-20-11-10-17(14-18(19)20)25-13-7-2-1-6-12-24-16-8-4-3-5-9-16/h3-5,8-11,14-15,22H,1-2,6-7,12-13H2. The second-order valence-corrected chi connectivity index (χ2v) is 6.03. The van der Waals surface area contributed by atoms with Crippen LogP contribution in [-0.4, -0.2) is 18.3 Å². The molecule has 2 aromatic carbocycles. The molecule has 0 aliphatic carbocycles. The van der Waals surface area contributed by atoms with Crippen molar-refractivity contribution >= 4 is 11.0 Å². The lowest BCUT2D eigenvalue weighted by Crippen LogP contribution is -2.00. The van der Waals surface area contributed by atoms with Crippen molar-refractivity contribution in [1.29, 1.82) is 0 Å². The number of benzene rings is 2. The highest BCUT2D eigenvalue weighted by molar-refractivity contribution is 5.84. The van der Waals surface area contributed by atoms with Crippen LogP contribution in [0.1, 0.15) is 25.7 Å². The first kappa shape index (κ1) is 17.9. The molecule has 0 unspecified atom stereocenters. The van der Waals surface area contributed by atoms with Crippen molar-refractivity contribution in [2.75, 3.05) is 13.2 Å². The first-order valence-corrected chi connectivity index (χ1v) is 8.80. The van der Waals surface area contributed by atoms with E-state index in [4.69, 9.17) is 13.9 Å². The van der Waals surface area contributed by atoms with E-state index in [1.54, 1.807) is 18.2 Å². The summed E-state index contributed by atoms with van der Waals surface area (Å²) in [4.78, 5) is 11.2. The van der Waals surface area contributed by atoms with Gasteiger partial charge in [-0.2, -0.15) is 0 Å². The first-order chi connectivity index (χ1) is 12.7. The van der Waals surface area contributed by atoms with Gasteiger partial charge in [-0.1, -0.05) is 18.2 Å². The molecule has 1 heterocycles. The fourth-order valence-corrected chi connectivity index (χ4v) is 2.67. The van der Waals surface area contributed by atoms with E-state index in [2.05, 4.69) is 0 Å². The lowest BCUT2D eigenvalue weighted by Gasteiger charge is -2.08. The third-order valence-corrected chi connectivity index (χ3v) is 4.01. The summed E-state index contributed by atoms with van der Waals surface area (Å²) in [7, 11) is 0. The SMILES string of the molecule is O=c1cc(O)c2cc(OCCCCCCOc3ccccc3)ccc2o1. The van der Waals surface area contributed by atoms with Crippen molar-refractivity contribution in [1.82, 2.24) is 0 Å². The topological polar surface area (TPSA) is 68.9 Å². The molecule has 5 nitrogen and oxygen atoms in total. The van der Waals surface area contributed by atoms with E-state index in [0.717, 1.165) is 44.1 Å². The van der Waals surface area contributed by atoms with Crippen molar-refractivity contribution in [2.24, 2.45) is 0 Å². The van der Waals surface area contributed by atoms with Crippen LogP contribution in [0, 0.1) is 0 Å². The molecule has 5 heteroatoms. The molecule has 136 valence electrons. The van der Waals surface area contributed by atoms with Crippen LogP contribution in [0.25, 0.3) is 11.0 Å². The smallest absolute Gasteiger partial charge is 0.339 e. The van der Waals surface area contributed by atoms with Gasteiger partial charge in [0.25, 0.3) is 0 Å². The fraction of sp³-hybridized carbons (Fsp3) is 0.286. The highest BCUT2D eigenvalue weighted by Crippen LogP contribution is 2.26. The van der Waals surface area contributed by atoms with E-state index in [-0.39, 0.29) is 5.75 Å². The largest absolute Gasteiger partial charge is 0.507 e. The Balaban J connectivity index is 1.35. The van der Waals surface area contributed by atoms with E-state index < -0.39 is 5.63 Å². The Morgan fingerprint density at radius 1 is 0.808 bits per heavy atom. The fourth-order valence-electron chi connectivity index (χ4n) is 2.67. The Morgan fingerprint density at radius 3 is 2.23 bits per heavy atom. The third kappa shape index (κ3) is 5.02. The predicted molar refractivity (Wildman–Crippen MR) is 100 cm³/mol. The number of unbranched alkanes of at least 4 members (excludes halogenated alkanes) is 3. The van der Waals surface area contributed by atoms with E-state index in [9.17, 15) is 9.90 Å². The second kappa shape index (κ2) is 8.94. The van der Waals surface area contributed by atoms with Crippen LogP contribution in [0.5, 0.6) is 17.2 Å². The summed E-state index contributed by atoms with van der Waals surface area (Å²) in [5, 5.41) is 10.3. The summed E-state index contributed by atoms with van der Waals surface area (Å²) >= 11 is 0. The Morgan fingerprint density at radius 2 is 1.50 bits per heavy atom. The van der Waals surface area contributed by atoms with E-state index in [1.165, 1.54) is 0 Å². The average Bonchev–Trinajstić information content (AvgIpc) is 2.65. The number of rotatable bonds is 9. The Bertz CT molecular complexity index is 886. The number of fused-ring (bicyclic) bond motifs is 1. The van der Waals surface area contributed by atoms with Crippen molar-refractivity contribution < 1.29 is 19.0 Å². The molecule has 0 fully saturated rings. The van der Waals surface area contributed by atoms with Gasteiger partial charge in [0, 0.05) is 0 Å². The van der Waals surface area contributed by atoms with Crippen molar-refractivity contribution in [3.63, 3.8) is 0 Å². The van der Waals surface area contributed by atoms with E-state index in [0.29, 0.717) is 23.3 Å². The summed E-state index contributed by atoms with van der Waals surface area (Å²) in [6.07, 6.45) is 4.10. The molecule has 1 aromatic heterocycles. The molecule has 0 aliphatic rings. The molecule has 3 aromatic rings. The lowest BCUT2D eigenvalue weighted by molar-refractivity contribution is 0.287. The second-order valence-electron chi connectivity index (χ2n) is 6.03.